The summed E-state index contributed by atoms with van der Waals surface area (Å²) in [7, 11) is 1.50. The number of H-pyrrole nitrogens is 1. The van der Waals surface area contributed by atoms with Crippen molar-refractivity contribution in [2.45, 2.75) is 32.5 Å². The number of aryl methyl sites for hydroxylation is 2. The van der Waals surface area contributed by atoms with Crippen LogP contribution in [0.2, 0.25) is 0 Å². The van der Waals surface area contributed by atoms with Crippen LogP contribution in [0.25, 0.3) is 0 Å². The van der Waals surface area contributed by atoms with Crippen molar-refractivity contribution in [3.8, 4) is 0 Å². The predicted molar refractivity (Wildman–Crippen MR) is 90.0 cm³/mol. The molecule has 2 amide bonds. The van der Waals surface area contributed by atoms with E-state index in [0.717, 1.165) is 10.7 Å². The average Bonchev–Trinajstić information content (AvgIpc) is 3.32. The highest BCUT2D eigenvalue weighted by Crippen LogP contribution is 2.32. The fraction of sp³-hybridized carbons (Fsp3) is 0.562. The molecular weight excluding hydrogens is 379 g/mol. The van der Waals surface area contributed by atoms with Gasteiger partial charge in [-0.25, -0.2) is 4.98 Å². The van der Waals surface area contributed by atoms with Crippen LogP contribution < -0.4 is 5.32 Å². The van der Waals surface area contributed by atoms with Gasteiger partial charge in [0.25, 0.3) is 0 Å². The number of carbonyl (C=O) groups is 2. The second-order valence-electron chi connectivity index (χ2n) is 6.73. The van der Waals surface area contributed by atoms with E-state index in [1.165, 1.54) is 18.9 Å². The number of amides is 2. The van der Waals surface area contributed by atoms with E-state index in [1.54, 1.807) is 6.92 Å². The van der Waals surface area contributed by atoms with Crippen LogP contribution in [0.1, 0.15) is 29.0 Å². The van der Waals surface area contributed by atoms with Gasteiger partial charge in [0, 0.05) is 25.8 Å². The van der Waals surface area contributed by atoms with Crippen molar-refractivity contribution in [3.05, 3.63) is 29.1 Å². The van der Waals surface area contributed by atoms with E-state index >= 15 is 0 Å². The number of nitrogens with zero attached hydrogens (tertiary/aromatic N) is 5. The second kappa shape index (κ2) is 7.24. The zero-order chi connectivity index (χ0) is 20.6. The Bertz CT molecular complexity index is 889. The van der Waals surface area contributed by atoms with Gasteiger partial charge in [0.2, 0.25) is 11.8 Å². The number of carbonyl (C=O) groups excluding carboxylic acids is 2. The largest absolute Gasteiger partial charge is 0.435 e. The summed E-state index contributed by atoms with van der Waals surface area (Å²) in [4.78, 5) is 30.6. The van der Waals surface area contributed by atoms with E-state index in [9.17, 15) is 22.8 Å². The van der Waals surface area contributed by atoms with Crippen LogP contribution in [0.5, 0.6) is 0 Å². The van der Waals surface area contributed by atoms with Crippen LogP contribution in [0.3, 0.4) is 0 Å². The van der Waals surface area contributed by atoms with Crippen molar-refractivity contribution in [2.24, 2.45) is 5.92 Å². The van der Waals surface area contributed by atoms with Gasteiger partial charge >= 0.3 is 6.18 Å². The summed E-state index contributed by atoms with van der Waals surface area (Å²) in [6, 6.07) is 0.893. The monoisotopic (exact) mass is 399 g/mol. The molecule has 0 aliphatic carbocycles. The average molecular weight is 399 g/mol. The summed E-state index contributed by atoms with van der Waals surface area (Å²) in [6.07, 6.45) is -4.58. The van der Waals surface area contributed by atoms with E-state index in [0.29, 0.717) is 11.6 Å². The molecule has 2 unspecified atom stereocenters. The summed E-state index contributed by atoms with van der Waals surface area (Å²) in [5.74, 6) is -0.619. The Labute approximate surface area is 158 Å². The van der Waals surface area contributed by atoms with Gasteiger partial charge in [-0.15, -0.1) is 0 Å². The summed E-state index contributed by atoms with van der Waals surface area (Å²) < 4.78 is 39.4. The molecule has 2 N–H and O–H groups in total. The Hall–Kier alpha value is -2.92. The second-order valence-corrected chi connectivity index (χ2v) is 6.73. The molecule has 0 radical (unpaired) electrons. The number of likely N-dealkylation sites (tertiary alicyclic amines) is 1. The van der Waals surface area contributed by atoms with Crippen LogP contribution in [0.15, 0.2) is 6.07 Å². The first-order chi connectivity index (χ1) is 13.1. The maximum absolute atomic E-state index is 12.8. The third-order valence-electron chi connectivity index (χ3n) is 4.76. The van der Waals surface area contributed by atoms with Gasteiger partial charge in [-0.2, -0.15) is 23.4 Å². The smallest absolute Gasteiger partial charge is 0.359 e. The first-order valence-corrected chi connectivity index (χ1v) is 8.60. The van der Waals surface area contributed by atoms with E-state index in [4.69, 9.17) is 0 Å². The van der Waals surface area contributed by atoms with Gasteiger partial charge < -0.3 is 10.2 Å². The van der Waals surface area contributed by atoms with Crippen molar-refractivity contribution < 1.29 is 22.8 Å². The molecule has 3 heterocycles. The topological polar surface area (TPSA) is 109 Å². The van der Waals surface area contributed by atoms with E-state index in [-0.39, 0.29) is 31.2 Å². The number of halogens is 3. The quantitative estimate of drug-likeness (QED) is 0.784. The Kier molecular flexibility index (Phi) is 5.13. The van der Waals surface area contributed by atoms with Crippen molar-refractivity contribution in [2.75, 3.05) is 20.1 Å². The minimum Gasteiger partial charge on any atom is -0.359 e. The number of aromatic nitrogens is 5. The summed E-state index contributed by atoms with van der Waals surface area (Å²) >= 11 is 0. The van der Waals surface area contributed by atoms with Gasteiger partial charge in [0.05, 0.1) is 11.8 Å². The van der Waals surface area contributed by atoms with Crippen LogP contribution in [-0.4, -0.2) is 61.8 Å². The molecule has 1 aliphatic heterocycles. The fourth-order valence-corrected chi connectivity index (χ4v) is 3.28. The number of hydrogen-bond acceptors (Lipinski definition) is 5. The Morgan fingerprint density at radius 1 is 1.32 bits per heavy atom. The van der Waals surface area contributed by atoms with Crippen molar-refractivity contribution >= 4 is 11.8 Å². The van der Waals surface area contributed by atoms with Gasteiger partial charge in [-0.3, -0.25) is 19.4 Å². The molecule has 12 heteroatoms. The summed E-state index contributed by atoms with van der Waals surface area (Å²) in [5.41, 5.74) is -0.819. The molecule has 28 heavy (non-hydrogen) atoms. The Morgan fingerprint density at radius 2 is 2.04 bits per heavy atom. The van der Waals surface area contributed by atoms with Crippen LogP contribution >= 0.6 is 0 Å². The number of aromatic amines is 1. The lowest BCUT2D eigenvalue weighted by atomic mass is 9.94. The molecular formula is C16H20F3N7O2. The Morgan fingerprint density at radius 3 is 2.57 bits per heavy atom. The van der Waals surface area contributed by atoms with Gasteiger partial charge in [0.15, 0.2) is 11.5 Å². The van der Waals surface area contributed by atoms with Gasteiger partial charge in [-0.1, -0.05) is 0 Å². The van der Waals surface area contributed by atoms with Crippen LogP contribution in [-0.2, 0) is 22.3 Å². The van der Waals surface area contributed by atoms with Gasteiger partial charge in [-0.05, 0) is 19.9 Å². The summed E-state index contributed by atoms with van der Waals surface area (Å²) in [6.45, 7) is 3.15. The predicted octanol–water partition coefficient (Wildman–Crippen LogP) is 0.625. The molecule has 1 aliphatic rings. The lowest BCUT2D eigenvalue weighted by Crippen LogP contribution is -2.35. The van der Waals surface area contributed by atoms with E-state index in [1.807, 2.05) is 0 Å². The van der Waals surface area contributed by atoms with Crippen LogP contribution in [0.4, 0.5) is 13.2 Å². The first-order valence-electron chi connectivity index (χ1n) is 8.60. The third-order valence-corrected chi connectivity index (χ3v) is 4.76. The molecule has 2 aromatic heterocycles. The normalized spacial score (nSPS) is 19.9. The highest BCUT2D eigenvalue weighted by Gasteiger charge is 2.42. The minimum atomic E-state index is -4.58. The highest BCUT2D eigenvalue weighted by atomic mass is 19.4. The van der Waals surface area contributed by atoms with Crippen molar-refractivity contribution in [1.29, 1.82) is 0 Å². The third kappa shape index (κ3) is 3.85. The standard InChI is InChI=1S/C16H20F3N7O2/c1-8-4-12(16(17,18)19)24-26(8)7-13(27)25-5-10(11(6-25)15(28)20-3)14-21-9(2)22-23-14/h4,10-11H,5-7H2,1-3H3,(H,20,28)(H,21,22,23). The molecule has 1 saturated heterocycles. The molecule has 2 aromatic rings. The molecule has 0 spiro atoms. The maximum atomic E-state index is 12.8. The molecule has 0 bridgehead atoms. The summed E-state index contributed by atoms with van der Waals surface area (Å²) in [5, 5.41) is 12.8. The highest BCUT2D eigenvalue weighted by molar-refractivity contribution is 5.83. The Balaban J connectivity index is 1.77. The number of alkyl halides is 3. The zero-order valence-corrected chi connectivity index (χ0v) is 15.5. The molecule has 2 atom stereocenters. The first kappa shape index (κ1) is 19.8. The van der Waals surface area contributed by atoms with E-state index in [2.05, 4.69) is 25.6 Å². The number of nitrogens with one attached hydrogen (secondary N) is 2. The molecule has 0 aromatic carbocycles. The lowest BCUT2D eigenvalue weighted by molar-refractivity contribution is -0.142. The minimum absolute atomic E-state index is 0.128. The lowest BCUT2D eigenvalue weighted by Gasteiger charge is -2.16. The maximum Gasteiger partial charge on any atom is 0.435 e. The molecule has 0 saturated carbocycles. The SMILES string of the molecule is CNC(=O)C1CN(C(=O)Cn2nc(C(F)(F)F)cc2C)CC1c1n[nH]c(C)n1. The van der Waals surface area contributed by atoms with Crippen LogP contribution in [0, 0.1) is 19.8 Å². The molecule has 1 fully saturated rings. The number of hydrogen-bond donors (Lipinski definition) is 2. The molecule has 9 nitrogen and oxygen atoms in total. The van der Waals surface area contributed by atoms with Gasteiger partial charge in [0.1, 0.15) is 12.4 Å². The molecule has 152 valence electrons. The zero-order valence-electron chi connectivity index (χ0n) is 15.5. The molecule has 3 rings (SSSR count). The van der Waals surface area contributed by atoms with Crippen molar-refractivity contribution in [1.82, 2.24) is 35.2 Å². The number of rotatable bonds is 4. The fourth-order valence-electron chi connectivity index (χ4n) is 3.28. The van der Waals surface area contributed by atoms with E-state index < -0.39 is 29.6 Å². The van der Waals surface area contributed by atoms with Crippen molar-refractivity contribution in [3.63, 3.8) is 0 Å².